The Hall–Kier alpha value is -1.62. The van der Waals surface area contributed by atoms with Crippen molar-refractivity contribution in [3.8, 4) is 0 Å². The molecule has 1 aromatic heterocycles. The summed E-state index contributed by atoms with van der Waals surface area (Å²) >= 11 is 0. The molecule has 2 heterocycles. The molecule has 0 aliphatic carbocycles. The molecule has 116 valence electrons. The van der Waals surface area contributed by atoms with Gasteiger partial charge < -0.3 is 10.1 Å². The fourth-order valence-electron chi connectivity index (χ4n) is 2.54. The van der Waals surface area contributed by atoms with Gasteiger partial charge in [-0.2, -0.15) is 0 Å². The fourth-order valence-corrected chi connectivity index (χ4v) is 2.54. The monoisotopic (exact) mass is 291 g/mol. The molecule has 1 aliphatic heterocycles. The summed E-state index contributed by atoms with van der Waals surface area (Å²) < 4.78 is 5.30. The number of pyridine rings is 1. The van der Waals surface area contributed by atoms with Crippen LogP contribution in [0.2, 0.25) is 0 Å². The van der Waals surface area contributed by atoms with Crippen LogP contribution in [-0.4, -0.2) is 40.7 Å². The van der Waals surface area contributed by atoms with E-state index in [0.29, 0.717) is 0 Å². The van der Waals surface area contributed by atoms with Crippen molar-refractivity contribution in [2.45, 2.75) is 51.8 Å². The first-order chi connectivity index (χ1) is 9.85. The van der Waals surface area contributed by atoms with Gasteiger partial charge in [0.2, 0.25) is 0 Å². The van der Waals surface area contributed by atoms with Gasteiger partial charge >= 0.3 is 6.09 Å². The first-order valence-electron chi connectivity index (χ1n) is 7.49. The summed E-state index contributed by atoms with van der Waals surface area (Å²) in [6.07, 6.45) is 2.43. The van der Waals surface area contributed by atoms with Gasteiger partial charge in [-0.25, -0.2) is 4.79 Å². The van der Waals surface area contributed by atoms with Gasteiger partial charge in [0, 0.05) is 31.4 Å². The Morgan fingerprint density at radius 3 is 2.86 bits per heavy atom. The van der Waals surface area contributed by atoms with Gasteiger partial charge in [0.05, 0.1) is 5.69 Å². The summed E-state index contributed by atoms with van der Waals surface area (Å²) in [6.45, 7) is 9.55. The van der Waals surface area contributed by atoms with E-state index >= 15 is 0 Å². The molecule has 0 spiro atoms. The maximum absolute atomic E-state index is 11.8. The number of aromatic nitrogens is 1. The molecule has 21 heavy (non-hydrogen) atoms. The molecular weight excluding hydrogens is 266 g/mol. The Bertz CT molecular complexity index is 470. The summed E-state index contributed by atoms with van der Waals surface area (Å²) in [5, 5.41) is 2.95. The van der Waals surface area contributed by atoms with Crippen molar-refractivity contribution in [3.63, 3.8) is 0 Å². The van der Waals surface area contributed by atoms with Crippen molar-refractivity contribution in [1.29, 1.82) is 0 Å². The summed E-state index contributed by atoms with van der Waals surface area (Å²) in [5.41, 5.74) is 0.610. The van der Waals surface area contributed by atoms with E-state index in [0.717, 1.165) is 25.2 Å². The largest absolute Gasteiger partial charge is 0.444 e. The lowest BCUT2D eigenvalue weighted by molar-refractivity contribution is 0.0504. The molecule has 1 fully saturated rings. The zero-order valence-corrected chi connectivity index (χ0v) is 13.3. The van der Waals surface area contributed by atoms with Gasteiger partial charge in [0.15, 0.2) is 0 Å². The predicted octanol–water partition coefficient (Wildman–Crippen LogP) is 2.74. The molecule has 0 bridgehead atoms. The van der Waals surface area contributed by atoms with E-state index in [9.17, 15) is 4.79 Å². The number of hydrogen-bond acceptors (Lipinski definition) is 4. The van der Waals surface area contributed by atoms with Crippen LogP contribution in [0.25, 0.3) is 0 Å². The highest BCUT2D eigenvalue weighted by atomic mass is 16.6. The van der Waals surface area contributed by atoms with Crippen LogP contribution >= 0.6 is 0 Å². The zero-order valence-electron chi connectivity index (χ0n) is 13.3. The predicted molar refractivity (Wildman–Crippen MR) is 82.0 cm³/mol. The molecule has 1 saturated heterocycles. The lowest BCUT2D eigenvalue weighted by Crippen LogP contribution is -2.40. The minimum atomic E-state index is -0.455. The minimum absolute atomic E-state index is 0.144. The van der Waals surface area contributed by atoms with E-state index in [2.05, 4.69) is 22.1 Å². The van der Waals surface area contributed by atoms with Gasteiger partial charge in [0.1, 0.15) is 5.60 Å². The van der Waals surface area contributed by atoms with Crippen LogP contribution in [-0.2, 0) is 4.74 Å². The van der Waals surface area contributed by atoms with Crippen LogP contribution in [0.4, 0.5) is 4.79 Å². The number of carbonyl (C=O) groups is 1. The molecule has 1 N–H and O–H groups in total. The van der Waals surface area contributed by atoms with Crippen LogP contribution in [0.5, 0.6) is 0 Å². The number of alkyl carbamates (subject to hydrolysis) is 1. The fraction of sp³-hybridized carbons (Fsp3) is 0.625. The average molecular weight is 291 g/mol. The van der Waals surface area contributed by atoms with Crippen LogP contribution in [0, 0.1) is 0 Å². The number of hydrogen-bond donors (Lipinski definition) is 1. The second-order valence-corrected chi connectivity index (χ2v) is 6.56. The van der Waals surface area contributed by atoms with Gasteiger partial charge in [-0.3, -0.25) is 9.88 Å². The Labute approximate surface area is 126 Å². The van der Waals surface area contributed by atoms with Gasteiger partial charge in [-0.15, -0.1) is 0 Å². The molecule has 0 radical (unpaired) electrons. The van der Waals surface area contributed by atoms with Crippen LogP contribution in [0.1, 0.15) is 45.9 Å². The molecule has 1 aromatic rings. The number of likely N-dealkylation sites (tertiary alicyclic amines) is 1. The van der Waals surface area contributed by atoms with Gasteiger partial charge in [-0.05, 0) is 46.2 Å². The van der Waals surface area contributed by atoms with Crippen LogP contribution in [0.15, 0.2) is 24.4 Å². The first kappa shape index (κ1) is 15.8. The summed E-state index contributed by atoms with van der Waals surface area (Å²) in [5.74, 6) is 0. The number of nitrogens with zero attached hydrogens (tertiary/aromatic N) is 2. The molecule has 1 aliphatic rings. The second-order valence-electron chi connectivity index (χ2n) is 6.56. The van der Waals surface area contributed by atoms with Gasteiger partial charge in [-0.1, -0.05) is 6.07 Å². The molecule has 1 amide bonds. The SMILES string of the molecule is C[C@@H](c1ccccn1)N1CC[C@@H](NC(=O)OC(C)(C)C)C1. The molecule has 0 unspecified atom stereocenters. The van der Waals surface area contributed by atoms with E-state index in [1.807, 2.05) is 45.2 Å². The van der Waals surface area contributed by atoms with E-state index in [4.69, 9.17) is 4.74 Å². The van der Waals surface area contributed by atoms with Crippen molar-refractivity contribution in [1.82, 2.24) is 15.2 Å². The van der Waals surface area contributed by atoms with E-state index in [1.54, 1.807) is 0 Å². The number of carbonyl (C=O) groups excluding carboxylic acids is 1. The molecule has 0 saturated carbocycles. The van der Waals surface area contributed by atoms with E-state index < -0.39 is 5.60 Å². The lowest BCUT2D eigenvalue weighted by Gasteiger charge is -2.24. The molecule has 0 aromatic carbocycles. The molecule has 2 atom stereocenters. The van der Waals surface area contributed by atoms with Crippen molar-refractivity contribution < 1.29 is 9.53 Å². The molecule has 2 rings (SSSR count). The average Bonchev–Trinajstić information content (AvgIpc) is 2.85. The normalized spacial score (nSPS) is 21.0. The minimum Gasteiger partial charge on any atom is -0.444 e. The molecule has 5 heteroatoms. The van der Waals surface area contributed by atoms with Crippen molar-refractivity contribution in [2.75, 3.05) is 13.1 Å². The Morgan fingerprint density at radius 1 is 1.48 bits per heavy atom. The summed E-state index contributed by atoms with van der Waals surface area (Å²) in [7, 11) is 0. The van der Waals surface area contributed by atoms with Gasteiger partial charge in [0.25, 0.3) is 0 Å². The maximum atomic E-state index is 11.8. The first-order valence-corrected chi connectivity index (χ1v) is 7.49. The number of ether oxygens (including phenoxy) is 1. The molecular formula is C16H25N3O2. The molecule has 5 nitrogen and oxygen atoms in total. The number of amides is 1. The van der Waals surface area contributed by atoms with E-state index in [1.165, 1.54) is 0 Å². The van der Waals surface area contributed by atoms with E-state index in [-0.39, 0.29) is 18.2 Å². The third-order valence-corrected chi connectivity index (χ3v) is 3.60. The topological polar surface area (TPSA) is 54.5 Å². The quantitative estimate of drug-likeness (QED) is 0.930. The third-order valence-electron chi connectivity index (χ3n) is 3.60. The number of rotatable bonds is 3. The highest BCUT2D eigenvalue weighted by Gasteiger charge is 2.29. The Balaban J connectivity index is 1.85. The second kappa shape index (κ2) is 6.43. The third kappa shape index (κ3) is 4.70. The smallest absolute Gasteiger partial charge is 0.407 e. The van der Waals surface area contributed by atoms with Crippen LogP contribution in [0.3, 0.4) is 0 Å². The summed E-state index contributed by atoms with van der Waals surface area (Å²) in [6, 6.07) is 6.38. The Morgan fingerprint density at radius 2 is 2.24 bits per heavy atom. The highest BCUT2D eigenvalue weighted by molar-refractivity contribution is 5.68. The van der Waals surface area contributed by atoms with Crippen molar-refractivity contribution in [2.24, 2.45) is 0 Å². The highest BCUT2D eigenvalue weighted by Crippen LogP contribution is 2.23. The maximum Gasteiger partial charge on any atom is 0.407 e. The number of nitrogens with one attached hydrogen (secondary N) is 1. The van der Waals surface area contributed by atoms with Crippen LogP contribution < -0.4 is 5.32 Å². The van der Waals surface area contributed by atoms with Crippen molar-refractivity contribution in [3.05, 3.63) is 30.1 Å². The lowest BCUT2D eigenvalue weighted by atomic mass is 10.2. The van der Waals surface area contributed by atoms with Crippen molar-refractivity contribution >= 4 is 6.09 Å². The summed E-state index contributed by atoms with van der Waals surface area (Å²) in [4.78, 5) is 18.5. The zero-order chi connectivity index (χ0) is 15.5. The standard InChI is InChI=1S/C16H25N3O2/c1-12(14-7-5-6-9-17-14)19-10-8-13(11-19)18-15(20)21-16(2,3)4/h5-7,9,12-13H,8,10-11H2,1-4H3,(H,18,20)/t12-,13+/m0/s1. The Kier molecular flexibility index (Phi) is 4.83.